The number of methoxy groups -OCH3 is 2. The standard InChI is InChI=1S/C21H24N2O4/c1-13-8-9-16(10-14(13)2)23-12-15(11-19(23)24)22-21(25)17-6-5-7-18(26-3)20(17)27-4/h5-10,15H,11-12H2,1-4H3,(H,22,25). The van der Waals surface area contributed by atoms with E-state index < -0.39 is 0 Å². The summed E-state index contributed by atoms with van der Waals surface area (Å²) in [4.78, 5) is 26.9. The highest BCUT2D eigenvalue weighted by molar-refractivity contribution is 6.00. The summed E-state index contributed by atoms with van der Waals surface area (Å²) in [6.45, 7) is 4.50. The van der Waals surface area contributed by atoms with Gasteiger partial charge in [-0.3, -0.25) is 9.59 Å². The van der Waals surface area contributed by atoms with E-state index in [1.54, 1.807) is 23.1 Å². The van der Waals surface area contributed by atoms with Crippen LogP contribution in [0.1, 0.15) is 27.9 Å². The molecule has 142 valence electrons. The Kier molecular flexibility index (Phi) is 5.35. The average Bonchev–Trinajstić information content (AvgIpc) is 3.03. The molecule has 0 aliphatic carbocycles. The molecule has 1 aliphatic heterocycles. The minimum absolute atomic E-state index is 0.00107. The van der Waals surface area contributed by atoms with Crippen molar-refractivity contribution in [1.82, 2.24) is 5.32 Å². The van der Waals surface area contributed by atoms with E-state index >= 15 is 0 Å². The zero-order chi connectivity index (χ0) is 19.6. The Hall–Kier alpha value is -3.02. The lowest BCUT2D eigenvalue weighted by Gasteiger charge is -2.19. The highest BCUT2D eigenvalue weighted by Crippen LogP contribution is 2.31. The van der Waals surface area contributed by atoms with Gasteiger partial charge in [0, 0.05) is 18.7 Å². The molecule has 0 radical (unpaired) electrons. The van der Waals surface area contributed by atoms with Gasteiger partial charge < -0.3 is 19.7 Å². The number of para-hydroxylation sites is 1. The predicted molar refractivity (Wildman–Crippen MR) is 104 cm³/mol. The summed E-state index contributed by atoms with van der Waals surface area (Å²) in [6.07, 6.45) is 0.269. The monoisotopic (exact) mass is 368 g/mol. The van der Waals surface area contributed by atoms with Crippen molar-refractivity contribution in [2.24, 2.45) is 0 Å². The molecule has 0 spiro atoms. The van der Waals surface area contributed by atoms with Crippen LogP contribution in [0.5, 0.6) is 11.5 Å². The normalized spacial score (nSPS) is 16.4. The van der Waals surface area contributed by atoms with Crippen LogP contribution in [0.4, 0.5) is 5.69 Å². The smallest absolute Gasteiger partial charge is 0.255 e. The Morgan fingerprint density at radius 1 is 1.11 bits per heavy atom. The van der Waals surface area contributed by atoms with Crippen molar-refractivity contribution in [2.75, 3.05) is 25.7 Å². The lowest BCUT2D eigenvalue weighted by Crippen LogP contribution is -2.37. The lowest BCUT2D eigenvalue weighted by molar-refractivity contribution is -0.117. The molecule has 1 fully saturated rings. The first kappa shape index (κ1) is 18.8. The van der Waals surface area contributed by atoms with Gasteiger partial charge in [0.1, 0.15) is 0 Å². The summed E-state index contributed by atoms with van der Waals surface area (Å²) in [6, 6.07) is 10.8. The van der Waals surface area contributed by atoms with Crippen molar-refractivity contribution in [3.63, 3.8) is 0 Å². The number of benzene rings is 2. The third-order valence-corrected chi connectivity index (χ3v) is 4.91. The van der Waals surface area contributed by atoms with Crippen molar-refractivity contribution in [1.29, 1.82) is 0 Å². The number of hydrogen-bond acceptors (Lipinski definition) is 4. The van der Waals surface area contributed by atoms with E-state index in [-0.39, 0.29) is 24.3 Å². The summed E-state index contributed by atoms with van der Waals surface area (Å²) < 4.78 is 10.6. The van der Waals surface area contributed by atoms with Gasteiger partial charge in [0.05, 0.1) is 25.8 Å². The van der Waals surface area contributed by atoms with Gasteiger partial charge >= 0.3 is 0 Å². The Balaban J connectivity index is 1.75. The van der Waals surface area contributed by atoms with Crippen molar-refractivity contribution >= 4 is 17.5 Å². The molecule has 2 aromatic carbocycles. The van der Waals surface area contributed by atoms with Gasteiger partial charge in [-0.1, -0.05) is 12.1 Å². The number of nitrogens with zero attached hydrogens (tertiary/aromatic N) is 1. The van der Waals surface area contributed by atoms with Crippen LogP contribution in [0.2, 0.25) is 0 Å². The summed E-state index contributed by atoms with van der Waals surface area (Å²) in [5.74, 6) is 0.587. The van der Waals surface area contributed by atoms with Crippen molar-refractivity contribution in [3.8, 4) is 11.5 Å². The quantitative estimate of drug-likeness (QED) is 0.881. The predicted octanol–water partition coefficient (Wildman–Crippen LogP) is 2.86. The first-order valence-corrected chi connectivity index (χ1v) is 8.84. The van der Waals surface area contributed by atoms with Crippen LogP contribution >= 0.6 is 0 Å². The number of nitrogens with one attached hydrogen (secondary N) is 1. The topological polar surface area (TPSA) is 67.9 Å². The molecule has 1 unspecified atom stereocenters. The Labute approximate surface area is 159 Å². The van der Waals surface area contributed by atoms with Gasteiger partial charge in [-0.25, -0.2) is 0 Å². The minimum atomic E-state index is -0.287. The molecule has 2 amide bonds. The van der Waals surface area contributed by atoms with Gasteiger partial charge in [0.2, 0.25) is 5.91 Å². The van der Waals surface area contributed by atoms with E-state index in [0.29, 0.717) is 23.6 Å². The molecule has 6 nitrogen and oxygen atoms in total. The maximum absolute atomic E-state index is 12.7. The SMILES string of the molecule is COc1cccc(C(=O)NC2CC(=O)N(c3ccc(C)c(C)c3)C2)c1OC. The van der Waals surface area contributed by atoms with Crippen LogP contribution in [0, 0.1) is 13.8 Å². The number of rotatable bonds is 5. The van der Waals surface area contributed by atoms with Crippen LogP contribution in [0.25, 0.3) is 0 Å². The summed E-state index contributed by atoms with van der Waals surface area (Å²) in [5, 5.41) is 2.94. The fourth-order valence-electron chi connectivity index (χ4n) is 3.28. The Morgan fingerprint density at radius 3 is 2.56 bits per heavy atom. The fraction of sp³-hybridized carbons (Fsp3) is 0.333. The Bertz CT molecular complexity index is 878. The van der Waals surface area contributed by atoms with Gasteiger partial charge in [0.25, 0.3) is 5.91 Å². The third kappa shape index (κ3) is 3.74. The molecule has 0 saturated carbocycles. The minimum Gasteiger partial charge on any atom is -0.493 e. The fourth-order valence-corrected chi connectivity index (χ4v) is 3.28. The number of amides is 2. The Morgan fingerprint density at radius 2 is 1.89 bits per heavy atom. The summed E-state index contributed by atoms with van der Waals surface area (Å²) >= 11 is 0. The molecule has 27 heavy (non-hydrogen) atoms. The molecule has 2 aromatic rings. The second kappa shape index (κ2) is 7.70. The molecule has 1 N–H and O–H groups in total. The van der Waals surface area contributed by atoms with Crippen LogP contribution < -0.4 is 19.7 Å². The van der Waals surface area contributed by atoms with E-state index in [9.17, 15) is 9.59 Å². The maximum atomic E-state index is 12.7. The van der Waals surface area contributed by atoms with Crippen molar-refractivity contribution in [2.45, 2.75) is 26.3 Å². The lowest BCUT2D eigenvalue weighted by atomic mass is 10.1. The van der Waals surface area contributed by atoms with Crippen molar-refractivity contribution in [3.05, 3.63) is 53.1 Å². The average molecular weight is 368 g/mol. The number of anilines is 1. The molecule has 1 aliphatic rings. The van der Waals surface area contributed by atoms with E-state index in [4.69, 9.17) is 9.47 Å². The second-order valence-electron chi connectivity index (χ2n) is 6.69. The highest BCUT2D eigenvalue weighted by Gasteiger charge is 2.32. The summed E-state index contributed by atoms with van der Waals surface area (Å²) in [7, 11) is 3.02. The molecule has 3 rings (SSSR count). The van der Waals surface area contributed by atoms with E-state index in [1.165, 1.54) is 19.8 Å². The highest BCUT2D eigenvalue weighted by atomic mass is 16.5. The van der Waals surface area contributed by atoms with E-state index in [0.717, 1.165) is 11.3 Å². The molecule has 1 saturated heterocycles. The van der Waals surface area contributed by atoms with Crippen LogP contribution in [-0.4, -0.2) is 38.6 Å². The van der Waals surface area contributed by atoms with Gasteiger partial charge in [-0.05, 0) is 49.2 Å². The van der Waals surface area contributed by atoms with Crippen molar-refractivity contribution < 1.29 is 19.1 Å². The zero-order valence-electron chi connectivity index (χ0n) is 16.0. The van der Waals surface area contributed by atoms with Gasteiger partial charge in [-0.2, -0.15) is 0 Å². The second-order valence-corrected chi connectivity index (χ2v) is 6.69. The third-order valence-electron chi connectivity index (χ3n) is 4.91. The molecular formula is C21H24N2O4. The first-order valence-electron chi connectivity index (χ1n) is 8.84. The number of carbonyl (C=O) groups excluding carboxylic acids is 2. The first-order chi connectivity index (χ1) is 12.9. The van der Waals surface area contributed by atoms with Crippen LogP contribution in [0.3, 0.4) is 0 Å². The molecule has 1 atom stereocenters. The molecule has 6 heteroatoms. The van der Waals surface area contributed by atoms with E-state index in [1.807, 2.05) is 32.0 Å². The van der Waals surface area contributed by atoms with E-state index in [2.05, 4.69) is 5.32 Å². The number of aryl methyl sites for hydroxylation is 2. The zero-order valence-corrected chi connectivity index (χ0v) is 16.0. The number of carbonyl (C=O) groups is 2. The van der Waals surface area contributed by atoms with Gasteiger partial charge in [-0.15, -0.1) is 0 Å². The molecule has 0 bridgehead atoms. The largest absolute Gasteiger partial charge is 0.493 e. The molecule has 1 heterocycles. The van der Waals surface area contributed by atoms with Gasteiger partial charge in [0.15, 0.2) is 11.5 Å². The van der Waals surface area contributed by atoms with Crippen LogP contribution in [0.15, 0.2) is 36.4 Å². The molecular weight excluding hydrogens is 344 g/mol. The van der Waals surface area contributed by atoms with Crippen LogP contribution in [-0.2, 0) is 4.79 Å². The maximum Gasteiger partial charge on any atom is 0.255 e. The number of hydrogen-bond donors (Lipinski definition) is 1. The summed E-state index contributed by atoms with van der Waals surface area (Å²) in [5.41, 5.74) is 3.56. The number of ether oxygens (including phenoxy) is 2. The molecule has 0 aromatic heterocycles.